The molecule has 0 fully saturated rings. The van der Waals surface area contributed by atoms with Crippen molar-refractivity contribution in [2.24, 2.45) is 0 Å². The highest BCUT2D eigenvalue weighted by molar-refractivity contribution is 6.10. The minimum Gasteiger partial charge on any atom is -0.454 e. The lowest BCUT2D eigenvalue weighted by atomic mass is 10.0. The molecule has 0 bridgehead atoms. The zero-order valence-corrected chi connectivity index (χ0v) is 10.8. The van der Waals surface area contributed by atoms with E-state index in [1.807, 2.05) is 42.5 Å². The summed E-state index contributed by atoms with van der Waals surface area (Å²) in [6.45, 7) is 0. The van der Waals surface area contributed by atoms with Crippen LogP contribution in [0.3, 0.4) is 0 Å². The molecular formula is C18H13NO. The van der Waals surface area contributed by atoms with Crippen molar-refractivity contribution in [3.63, 3.8) is 0 Å². The predicted octanol–water partition coefficient (Wildman–Crippen LogP) is 4.84. The molecule has 0 aliphatic rings. The van der Waals surface area contributed by atoms with Gasteiger partial charge in [-0.3, -0.25) is 0 Å². The SMILES string of the molecule is Nc1cc(-c2ccccc2)cc2c1oc1ccccc12. The van der Waals surface area contributed by atoms with Crippen LogP contribution < -0.4 is 5.73 Å². The smallest absolute Gasteiger partial charge is 0.158 e. The van der Waals surface area contributed by atoms with E-state index in [1.54, 1.807) is 0 Å². The molecule has 0 saturated carbocycles. The lowest BCUT2D eigenvalue weighted by Crippen LogP contribution is -1.87. The molecule has 0 atom stereocenters. The molecule has 2 N–H and O–H groups in total. The molecule has 20 heavy (non-hydrogen) atoms. The van der Waals surface area contributed by atoms with E-state index >= 15 is 0 Å². The number of para-hydroxylation sites is 1. The van der Waals surface area contributed by atoms with Gasteiger partial charge < -0.3 is 10.2 Å². The van der Waals surface area contributed by atoms with E-state index in [4.69, 9.17) is 10.2 Å². The third-order valence-corrected chi connectivity index (χ3v) is 3.61. The van der Waals surface area contributed by atoms with Crippen molar-refractivity contribution >= 4 is 27.6 Å². The van der Waals surface area contributed by atoms with E-state index in [1.165, 1.54) is 0 Å². The molecule has 0 radical (unpaired) electrons. The van der Waals surface area contributed by atoms with Gasteiger partial charge in [-0.05, 0) is 29.3 Å². The van der Waals surface area contributed by atoms with Crippen LogP contribution in [-0.2, 0) is 0 Å². The number of rotatable bonds is 1. The van der Waals surface area contributed by atoms with Crippen molar-refractivity contribution in [2.75, 3.05) is 5.73 Å². The van der Waals surface area contributed by atoms with E-state index in [-0.39, 0.29) is 0 Å². The van der Waals surface area contributed by atoms with Crippen LogP contribution in [0.5, 0.6) is 0 Å². The first kappa shape index (κ1) is 11.1. The molecule has 0 amide bonds. The first-order valence-corrected chi connectivity index (χ1v) is 6.59. The highest BCUT2D eigenvalue weighted by atomic mass is 16.3. The molecule has 4 aromatic rings. The molecule has 1 heterocycles. The summed E-state index contributed by atoms with van der Waals surface area (Å²) in [6.07, 6.45) is 0. The number of hydrogen-bond acceptors (Lipinski definition) is 2. The van der Waals surface area contributed by atoms with Crippen molar-refractivity contribution in [3.05, 3.63) is 66.7 Å². The van der Waals surface area contributed by atoms with Gasteiger partial charge in [0.05, 0.1) is 5.69 Å². The quantitative estimate of drug-likeness (QED) is 0.497. The summed E-state index contributed by atoms with van der Waals surface area (Å²) in [5, 5.41) is 2.17. The lowest BCUT2D eigenvalue weighted by molar-refractivity contribution is 0.670. The normalized spacial score (nSPS) is 11.2. The summed E-state index contributed by atoms with van der Waals surface area (Å²) in [6, 6.07) is 22.4. The first-order chi connectivity index (χ1) is 9.83. The Balaban J connectivity index is 2.08. The summed E-state index contributed by atoms with van der Waals surface area (Å²) < 4.78 is 5.85. The second-order valence-corrected chi connectivity index (χ2v) is 4.91. The van der Waals surface area contributed by atoms with Crippen LogP contribution in [0.25, 0.3) is 33.1 Å². The molecule has 0 unspecified atom stereocenters. The van der Waals surface area contributed by atoms with Crippen LogP contribution in [-0.4, -0.2) is 0 Å². The van der Waals surface area contributed by atoms with Gasteiger partial charge in [-0.15, -0.1) is 0 Å². The zero-order chi connectivity index (χ0) is 13.5. The fraction of sp³-hybridized carbons (Fsp3) is 0. The van der Waals surface area contributed by atoms with Gasteiger partial charge in [-0.25, -0.2) is 0 Å². The minimum atomic E-state index is 0.678. The minimum absolute atomic E-state index is 0.678. The molecule has 2 nitrogen and oxygen atoms in total. The summed E-state index contributed by atoms with van der Waals surface area (Å²) in [7, 11) is 0. The Bertz CT molecular complexity index is 907. The van der Waals surface area contributed by atoms with Gasteiger partial charge in [0.25, 0.3) is 0 Å². The maximum atomic E-state index is 6.16. The fourth-order valence-corrected chi connectivity index (χ4v) is 2.65. The Hall–Kier alpha value is -2.74. The van der Waals surface area contributed by atoms with Crippen LogP contribution in [0.15, 0.2) is 71.1 Å². The van der Waals surface area contributed by atoms with Crippen molar-refractivity contribution in [3.8, 4) is 11.1 Å². The van der Waals surface area contributed by atoms with Crippen LogP contribution in [0.4, 0.5) is 5.69 Å². The lowest BCUT2D eigenvalue weighted by Gasteiger charge is -2.03. The number of nitrogen functional groups attached to an aromatic ring is 1. The molecule has 0 spiro atoms. The van der Waals surface area contributed by atoms with Gasteiger partial charge in [0, 0.05) is 10.8 Å². The van der Waals surface area contributed by atoms with E-state index in [0.29, 0.717) is 5.69 Å². The molecule has 4 rings (SSSR count). The standard InChI is InChI=1S/C18H13NO/c19-16-11-13(12-6-2-1-3-7-12)10-15-14-8-4-5-9-17(14)20-18(15)16/h1-11H,19H2. The fourth-order valence-electron chi connectivity index (χ4n) is 2.65. The second kappa shape index (κ2) is 4.14. The average molecular weight is 259 g/mol. The molecule has 96 valence electrons. The Morgan fingerprint density at radius 3 is 2.30 bits per heavy atom. The molecule has 0 saturated heterocycles. The number of benzene rings is 3. The van der Waals surface area contributed by atoms with Gasteiger partial charge in [0.2, 0.25) is 0 Å². The number of furan rings is 1. The summed E-state index contributed by atoms with van der Waals surface area (Å²) in [5.41, 5.74) is 10.8. The third kappa shape index (κ3) is 1.58. The first-order valence-electron chi connectivity index (χ1n) is 6.59. The zero-order valence-electron chi connectivity index (χ0n) is 10.8. The van der Waals surface area contributed by atoms with Crippen LogP contribution >= 0.6 is 0 Å². The second-order valence-electron chi connectivity index (χ2n) is 4.91. The highest BCUT2D eigenvalue weighted by Crippen LogP contribution is 2.35. The van der Waals surface area contributed by atoms with Gasteiger partial charge in [0.1, 0.15) is 5.58 Å². The third-order valence-electron chi connectivity index (χ3n) is 3.61. The summed E-state index contributed by atoms with van der Waals surface area (Å²) in [5.74, 6) is 0. The molecule has 0 aliphatic carbocycles. The van der Waals surface area contributed by atoms with E-state index in [9.17, 15) is 0 Å². The van der Waals surface area contributed by atoms with Crippen molar-refractivity contribution in [1.82, 2.24) is 0 Å². The van der Waals surface area contributed by atoms with Crippen LogP contribution in [0.1, 0.15) is 0 Å². The number of anilines is 1. The van der Waals surface area contributed by atoms with E-state index in [2.05, 4.69) is 24.3 Å². The van der Waals surface area contributed by atoms with Gasteiger partial charge in [-0.1, -0.05) is 48.5 Å². The summed E-state index contributed by atoms with van der Waals surface area (Å²) in [4.78, 5) is 0. The predicted molar refractivity (Wildman–Crippen MR) is 83.6 cm³/mol. The van der Waals surface area contributed by atoms with Crippen LogP contribution in [0, 0.1) is 0 Å². The van der Waals surface area contributed by atoms with Gasteiger partial charge >= 0.3 is 0 Å². The van der Waals surface area contributed by atoms with Crippen molar-refractivity contribution in [2.45, 2.75) is 0 Å². The maximum Gasteiger partial charge on any atom is 0.158 e. The summed E-state index contributed by atoms with van der Waals surface area (Å²) >= 11 is 0. The van der Waals surface area contributed by atoms with Gasteiger partial charge in [-0.2, -0.15) is 0 Å². The Morgan fingerprint density at radius 1 is 0.700 bits per heavy atom. The highest BCUT2D eigenvalue weighted by Gasteiger charge is 2.11. The number of fused-ring (bicyclic) bond motifs is 3. The number of nitrogens with two attached hydrogens (primary N) is 1. The van der Waals surface area contributed by atoms with Crippen LogP contribution in [0.2, 0.25) is 0 Å². The van der Waals surface area contributed by atoms with Gasteiger partial charge in [0.15, 0.2) is 5.58 Å². The Morgan fingerprint density at radius 2 is 1.45 bits per heavy atom. The Labute approximate surface area is 116 Å². The van der Waals surface area contributed by atoms with Crippen molar-refractivity contribution in [1.29, 1.82) is 0 Å². The molecular weight excluding hydrogens is 246 g/mol. The molecule has 1 aromatic heterocycles. The molecule has 3 aromatic carbocycles. The monoisotopic (exact) mass is 259 g/mol. The number of hydrogen-bond donors (Lipinski definition) is 1. The maximum absolute atomic E-state index is 6.16. The van der Waals surface area contributed by atoms with Crippen molar-refractivity contribution < 1.29 is 4.42 Å². The molecule has 2 heteroatoms. The van der Waals surface area contributed by atoms with E-state index < -0.39 is 0 Å². The molecule has 0 aliphatic heterocycles. The topological polar surface area (TPSA) is 39.2 Å². The average Bonchev–Trinajstić information content (AvgIpc) is 2.88. The van der Waals surface area contributed by atoms with E-state index in [0.717, 1.165) is 33.1 Å². The Kier molecular flexibility index (Phi) is 2.30. The largest absolute Gasteiger partial charge is 0.454 e.